The summed E-state index contributed by atoms with van der Waals surface area (Å²) in [6.45, 7) is 6.74. The number of furan rings is 1. The number of rotatable bonds is 2. The van der Waals surface area contributed by atoms with E-state index in [1.54, 1.807) is 28.9 Å². The van der Waals surface area contributed by atoms with E-state index in [4.69, 9.17) is 4.42 Å². The van der Waals surface area contributed by atoms with E-state index in [0.29, 0.717) is 13.1 Å². The summed E-state index contributed by atoms with van der Waals surface area (Å²) in [7, 11) is 0. The summed E-state index contributed by atoms with van der Waals surface area (Å²) in [5.41, 5.74) is 3.09. The van der Waals surface area contributed by atoms with Crippen LogP contribution in [0.4, 0.5) is 5.69 Å². The van der Waals surface area contributed by atoms with Gasteiger partial charge in [-0.05, 0) is 50.1 Å². The van der Waals surface area contributed by atoms with Gasteiger partial charge in [0, 0.05) is 18.8 Å². The molecular formula is C18H20N2O3. The van der Waals surface area contributed by atoms with E-state index < -0.39 is 6.04 Å². The average Bonchev–Trinajstić information content (AvgIpc) is 3.06. The SMILES string of the molecule is Cc1ccc(C)c(N2CCN(C(=O)c3ccco3)C(C)C2=O)c1. The Kier molecular flexibility index (Phi) is 3.94. The van der Waals surface area contributed by atoms with Crippen molar-refractivity contribution in [2.24, 2.45) is 0 Å². The van der Waals surface area contributed by atoms with E-state index in [1.807, 2.05) is 32.0 Å². The van der Waals surface area contributed by atoms with Gasteiger partial charge >= 0.3 is 0 Å². The van der Waals surface area contributed by atoms with Gasteiger partial charge in [0.05, 0.1) is 6.26 Å². The number of carbonyl (C=O) groups excluding carboxylic acids is 2. The first-order valence-electron chi connectivity index (χ1n) is 7.72. The van der Waals surface area contributed by atoms with E-state index >= 15 is 0 Å². The number of amides is 2. The Morgan fingerprint density at radius 3 is 2.70 bits per heavy atom. The molecule has 0 spiro atoms. The Hall–Kier alpha value is -2.56. The van der Waals surface area contributed by atoms with Crippen LogP contribution in [0.3, 0.4) is 0 Å². The topological polar surface area (TPSA) is 53.8 Å². The third kappa shape index (κ3) is 2.74. The highest BCUT2D eigenvalue weighted by Gasteiger charge is 2.36. The molecule has 5 nitrogen and oxygen atoms in total. The average molecular weight is 312 g/mol. The molecule has 1 aromatic heterocycles. The van der Waals surface area contributed by atoms with Gasteiger partial charge in [0.15, 0.2) is 5.76 Å². The lowest BCUT2D eigenvalue weighted by Gasteiger charge is -2.39. The minimum Gasteiger partial charge on any atom is -0.459 e. The summed E-state index contributed by atoms with van der Waals surface area (Å²) < 4.78 is 5.16. The van der Waals surface area contributed by atoms with Crippen LogP contribution in [0, 0.1) is 13.8 Å². The van der Waals surface area contributed by atoms with Crippen molar-refractivity contribution in [3.8, 4) is 0 Å². The van der Waals surface area contributed by atoms with Gasteiger partial charge in [-0.25, -0.2) is 0 Å². The predicted molar refractivity (Wildman–Crippen MR) is 87.5 cm³/mol. The maximum atomic E-state index is 12.8. The molecule has 5 heteroatoms. The monoisotopic (exact) mass is 312 g/mol. The lowest BCUT2D eigenvalue weighted by Crippen LogP contribution is -2.57. The van der Waals surface area contributed by atoms with Crippen LogP contribution >= 0.6 is 0 Å². The molecule has 120 valence electrons. The van der Waals surface area contributed by atoms with E-state index in [2.05, 4.69) is 0 Å². The number of carbonyl (C=O) groups is 2. The predicted octanol–water partition coefficient (Wildman–Crippen LogP) is 2.77. The number of piperazine rings is 1. The van der Waals surface area contributed by atoms with Crippen LogP contribution in [0.1, 0.15) is 28.6 Å². The van der Waals surface area contributed by atoms with Crippen molar-refractivity contribution >= 4 is 17.5 Å². The Balaban J connectivity index is 1.84. The Morgan fingerprint density at radius 1 is 1.22 bits per heavy atom. The maximum absolute atomic E-state index is 12.8. The molecule has 1 unspecified atom stereocenters. The number of hydrogen-bond acceptors (Lipinski definition) is 3. The lowest BCUT2D eigenvalue weighted by atomic mass is 10.1. The Morgan fingerprint density at radius 2 is 2.00 bits per heavy atom. The molecule has 3 rings (SSSR count). The fraction of sp³-hybridized carbons (Fsp3) is 0.333. The van der Waals surface area contributed by atoms with Crippen molar-refractivity contribution in [3.63, 3.8) is 0 Å². The van der Waals surface area contributed by atoms with Crippen LogP contribution in [0.5, 0.6) is 0 Å². The van der Waals surface area contributed by atoms with E-state index in [0.717, 1.165) is 16.8 Å². The van der Waals surface area contributed by atoms with Gasteiger partial charge in [0.25, 0.3) is 5.91 Å². The quantitative estimate of drug-likeness (QED) is 0.857. The van der Waals surface area contributed by atoms with Crippen molar-refractivity contribution < 1.29 is 14.0 Å². The number of aryl methyl sites for hydroxylation is 2. The standard InChI is InChI=1S/C18H20N2O3/c1-12-6-7-13(2)15(11-12)20-9-8-19(14(3)17(20)21)18(22)16-5-4-10-23-16/h4-7,10-11,14H,8-9H2,1-3H3. The van der Waals surface area contributed by atoms with Crippen molar-refractivity contribution in [1.82, 2.24) is 4.90 Å². The Bertz CT molecular complexity index is 737. The van der Waals surface area contributed by atoms with Gasteiger partial charge in [-0.15, -0.1) is 0 Å². The molecular weight excluding hydrogens is 292 g/mol. The van der Waals surface area contributed by atoms with Crippen LogP contribution < -0.4 is 4.90 Å². The molecule has 2 amide bonds. The largest absolute Gasteiger partial charge is 0.459 e. The fourth-order valence-electron chi connectivity index (χ4n) is 2.94. The zero-order valence-corrected chi connectivity index (χ0v) is 13.6. The molecule has 0 aliphatic carbocycles. The van der Waals surface area contributed by atoms with Crippen molar-refractivity contribution in [3.05, 3.63) is 53.5 Å². The normalized spacial score (nSPS) is 18.4. The van der Waals surface area contributed by atoms with Crippen molar-refractivity contribution in [2.45, 2.75) is 26.8 Å². The third-order valence-corrected chi connectivity index (χ3v) is 4.30. The summed E-state index contributed by atoms with van der Waals surface area (Å²) in [6, 6.07) is 8.85. The zero-order chi connectivity index (χ0) is 16.6. The molecule has 1 fully saturated rings. The van der Waals surface area contributed by atoms with E-state index in [9.17, 15) is 9.59 Å². The molecule has 1 aliphatic heterocycles. The summed E-state index contributed by atoms with van der Waals surface area (Å²) in [5, 5.41) is 0. The molecule has 0 bridgehead atoms. The first-order chi connectivity index (χ1) is 11.0. The number of nitrogens with zero attached hydrogens (tertiary/aromatic N) is 2. The molecule has 0 radical (unpaired) electrons. The summed E-state index contributed by atoms with van der Waals surface area (Å²) in [5.74, 6) is -0.0360. The Labute approximate surface area is 135 Å². The first-order valence-corrected chi connectivity index (χ1v) is 7.72. The zero-order valence-electron chi connectivity index (χ0n) is 13.6. The number of hydrogen-bond donors (Lipinski definition) is 0. The second-order valence-electron chi connectivity index (χ2n) is 5.93. The molecule has 0 N–H and O–H groups in total. The van der Waals surface area contributed by atoms with Crippen LogP contribution in [0.2, 0.25) is 0 Å². The highest BCUT2D eigenvalue weighted by atomic mass is 16.3. The molecule has 1 aromatic carbocycles. The van der Waals surface area contributed by atoms with Gasteiger partial charge in [0.1, 0.15) is 6.04 Å². The van der Waals surface area contributed by atoms with Gasteiger partial charge in [0.2, 0.25) is 5.91 Å². The summed E-state index contributed by atoms with van der Waals surface area (Å²) >= 11 is 0. The second-order valence-corrected chi connectivity index (χ2v) is 5.93. The summed E-state index contributed by atoms with van der Waals surface area (Å²) in [6.07, 6.45) is 1.46. The second kappa shape index (κ2) is 5.91. The van der Waals surface area contributed by atoms with Gasteiger partial charge in [-0.3, -0.25) is 9.59 Å². The molecule has 2 heterocycles. The lowest BCUT2D eigenvalue weighted by molar-refractivity contribution is -0.124. The van der Waals surface area contributed by atoms with Crippen molar-refractivity contribution in [2.75, 3.05) is 18.0 Å². The van der Waals surface area contributed by atoms with Gasteiger partial charge < -0.3 is 14.2 Å². The molecule has 2 aromatic rings. The summed E-state index contributed by atoms with van der Waals surface area (Å²) in [4.78, 5) is 28.6. The molecule has 0 saturated carbocycles. The van der Waals surface area contributed by atoms with Gasteiger partial charge in [-0.2, -0.15) is 0 Å². The maximum Gasteiger partial charge on any atom is 0.290 e. The highest BCUT2D eigenvalue weighted by Crippen LogP contribution is 2.26. The van der Waals surface area contributed by atoms with Crippen LogP contribution in [-0.2, 0) is 4.79 Å². The van der Waals surface area contributed by atoms with Crippen LogP contribution in [0.15, 0.2) is 41.0 Å². The third-order valence-electron chi connectivity index (χ3n) is 4.30. The molecule has 1 saturated heterocycles. The van der Waals surface area contributed by atoms with E-state index in [-0.39, 0.29) is 17.6 Å². The first kappa shape index (κ1) is 15.3. The number of anilines is 1. The van der Waals surface area contributed by atoms with Crippen molar-refractivity contribution in [1.29, 1.82) is 0 Å². The smallest absolute Gasteiger partial charge is 0.290 e. The molecule has 23 heavy (non-hydrogen) atoms. The fourth-order valence-corrected chi connectivity index (χ4v) is 2.94. The minimum absolute atomic E-state index is 0.0649. The van der Waals surface area contributed by atoms with Gasteiger partial charge in [-0.1, -0.05) is 12.1 Å². The van der Waals surface area contributed by atoms with Crippen LogP contribution in [0.25, 0.3) is 0 Å². The molecule has 1 aliphatic rings. The minimum atomic E-state index is -0.513. The number of benzene rings is 1. The molecule has 1 atom stereocenters. The van der Waals surface area contributed by atoms with E-state index in [1.165, 1.54) is 6.26 Å². The van der Waals surface area contributed by atoms with Crippen LogP contribution in [-0.4, -0.2) is 35.8 Å². The highest BCUT2D eigenvalue weighted by molar-refractivity contribution is 6.03.